The average Bonchev–Trinajstić information content (AvgIpc) is 2.37. The van der Waals surface area contributed by atoms with E-state index < -0.39 is 18.3 Å². The summed E-state index contributed by atoms with van der Waals surface area (Å²) in [6.07, 6.45) is 0.339. The summed E-state index contributed by atoms with van der Waals surface area (Å²) < 4.78 is 26.4. The molecule has 0 heterocycles. The summed E-state index contributed by atoms with van der Waals surface area (Å²) in [7, 11) is 0. The molecule has 0 saturated heterocycles. The van der Waals surface area contributed by atoms with Crippen molar-refractivity contribution in [2.24, 2.45) is 0 Å². The number of hydrogen-bond donors (Lipinski definition) is 0. The Kier molecular flexibility index (Phi) is 5.71. The highest BCUT2D eigenvalue weighted by atomic mass is 19.3. The van der Waals surface area contributed by atoms with Gasteiger partial charge in [-0.1, -0.05) is 43.7 Å². The molecule has 0 unspecified atom stereocenters. The van der Waals surface area contributed by atoms with Crippen LogP contribution in [-0.4, -0.2) is 11.9 Å². The van der Waals surface area contributed by atoms with Crippen LogP contribution in [0.25, 0.3) is 0 Å². The normalized spacial score (nSPS) is 11.3. The van der Waals surface area contributed by atoms with E-state index in [1.165, 1.54) is 0 Å². The molecule has 1 aromatic carbocycles. The average molecular weight is 258 g/mol. The standard InChI is InChI=1S/C13H16F2O3/c1-2-3-9-13(14,15)12(16)18-17-10-11-7-5-4-6-8-11/h4-8H,2-3,9-10H2,1H3. The molecule has 0 aromatic heterocycles. The highest BCUT2D eigenvalue weighted by Gasteiger charge is 2.40. The first-order valence-electron chi connectivity index (χ1n) is 5.82. The molecule has 100 valence electrons. The summed E-state index contributed by atoms with van der Waals surface area (Å²) in [4.78, 5) is 19.7. The summed E-state index contributed by atoms with van der Waals surface area (Å²) >= 11 is 0. The van der Waals surface area contributed by atoms with E-state index >= 15 is 0 Å². The van der Waals surface area contributed by atoms with Crippen LogP contribution in [0.1, 0.15) is 31.7 Å². The zero-order chi connectivity index (χ0) is 13.4. The van der Waals surface area contributed by atoms with Crippen molar-refractivity contribution < 1.29 is 23.4 Å². The SMILES string of the molecule is CCCCC(F)(F)C(=O)OOCc1ccccc1. The van der Waals surface area contributed by atoms with E-state index in [4.69, 9.17) is 0 Å². The Bertz CT molecular complexity index is 366. The topological polar surface area (TPSA) is 35.5 Å². The van der Waals surface area contributed by atoms with E-state index in [1.54, 1.807) is 31.2 Å². The maximum absolute atomic E-state index is 13.2. The largest absolute Gasteiger partial charge is 0.411 e. The number of hydrogen-bond acceptors (Lipinski definition) is 3. The van der Waals surface area contributed by atoms with Gasteiger partial charge >= 0.3 is 11.9 Å². The van der Waals surface area contributed by atoms with Gasteiger partial charge in [0.1, 0.15) is 6.61 Å². The van der Waals surface area contributed by atoms with Crippen LogP contribution < -0.4 is 0 Å². The van der Waals surface area contributed by atoms with Crippen molar-refractivity contribution in [2.75, 3.05) is 0 Å². The highest BCUT2D eigenvalue weighted by Crippen LogP contribution is 2.23. The van der Waals surface area contributed by atoms with Crippen LogP contribution in [0.5, 0.6) is 0 Å². The third kappa shape index (κ3) is 4.79. The van der Waals surface area contributed by atoms with Gasteiger partial charge in [-0.15, -0.1) is 0 Å². The van der Waals surface area contributed by atoms with Gasteiger partial charge in [0.2, 0.25) is 0 Å². The molecular formula is C13H16F2O3. The molecule has 0 atom stereocenters. The molecule has 0 amide bonds. The first-order chi connectivity index (χ1) is 8.56. The zero-order valence-corrected chi connectivity index (χ0v) is 10.2. The van der Waals surface area contributed by atoms with Gasteiger partial charge in [-0.05, 0) is 12.0 Å². The molecule has 0 saturated carbocycles. The number of rotatable bonds is 7. The molecule has 0 fully saturated rings. The quantitative estimate of drug-likeness (QED) is 0.554. The van der Waals surface area contributed by atoms with Crippen LogP contribution in [0.4, 0.5) is 8.78 Å². The van der Waals surface area contributed by atoms with E-state index in [1.807, 2.05) is 6.07 Å². The van der Waals surface area contributed by atoms with Gasteiger partial charge < -0.3 is 0 Å². The second-order valence-corrected chi connectivity index (χ2v) is 3.93. The Balaban J connectivity index is 2.32. The van der Waals surface area contributed by atoms with Crippen molar-refractivity contribution in [3.63, 3.8) is 0 Å². The van der Waals surface area contributed by atoms with Gasteiger partial charge in [-0.2, -0.15) is 13.7 Å². The molecule has 1 aromatic rings. The number of unbranched alkanes of at least 4 members (excludes halogenated alkanes) is 1. The Hall–Kier alpha value is -1.49. The van der Waals surface area contributed by atoms with Crippen molar-refractivity contribution in [3.8, 4) is 0 Å². The number of benzene rings is 1. The molecule has 0 bridgehead atoms. The predicted octanol–water partition coefficient (Wildman–Crippen LogP) is 3.49. The van der Waals surface area contributed by atoms with Crippen molar-refractivity contribution in [3.05, 3.63) is 35.9 Å². The van der Waals surface area contributed by atoms with Gasteiger partial charge in [-0.3, -0.25) is 4.89 Å². The van der Waals surface area contributed by atoms with Gasteiger partial charge in [0, 0.05) is 6.42 Å². The second-order valence-electron chi connectivity index (χ2n) is 3.93. The lowest BCUT2D eigenvalue weighted by Gasteiger charge is -2.13. The molecule has 1 rings (SSSR count). The van der Waals surface area contributed by atoms with E-state index in [0.29, 0.717) is 6.42 Å². The van der Waals surface area contributed by atoms with Gasteiger partial charge in [0.25, 0.3) is 0 Å². The number of alkyl halides is 2. The van der Waals surface area contributed by atoms with Gasteiger partial charge in [0.05, 0.1) is 0 Å². The fraction of sp³-hybridized carbons (Fsp3) is 0.462. The fourth-order valence-corrected chi connectivity index (χ4v) is 1.29. The van der Waals surface area contributed by atoms with Crippen molar-refractivity contribution >= 4 is 5.97 Å². The third-order valence-corrected chi connectivity index (χ3v) is 2.35. The fourth-order valence-electron chi connectivity index (χ4n) is 1.29. The lowest BCUT2D eigenvalue weighted by molar-refractivity contribution is -0.296. The Morgan fingerprint density at radius 3 is 2.56 bits per heavy atom. The second kappa shape index (κ2) is 7.06. The minimum atomic E-state index is -3.48. The first kappa shape index (κ1) is 14.6. The molecule has 0 radical (unpaired) electrons. The maximum Gasteiger partial charge on any atom is 0.411 e. The van der Waals surface area contributed by atoms with Crippen LogP contribution in [0.2, 0.25) is 0 Å². The van der Waals surface area contributed by atoms with Gasteiger partial charge in [-0.25, -0.2) is 4.79 Å². The van der Waals surface area contributed by atoms with Crippen LogP contribution in [0.15, 0.2) is 30.3 Å². The van der Waals surface area contributed by atoms with Crippen LogP contribution in [-0.2, 0) is 21.2 Å². The maximum atomic E-state index is 13.2. The molecule has 3 nitrogen and oxygen atoms in total. The lowest BCUT2D eigenvalue weighted by atomic mass is 10.1. The zero-order valence-electron chi connectivity index (χ0n) is 10.2. The van der Waals surface area contributed by atoms with E-state index in [-0.39, 0.29) is 13.0 Å². The summed E-state index contributed by atoms with van der Waals surface area (Å²) in [5.74, 6) is -5.11. The van der Waals surface area contributed by atoms with E-state index in [2.05, 4.69) is 9.78 Å². The monoisotopic (exact) mass is 258 g/mol. The van der Waals surface area contributed by atoms with Crippen molar-refractivity contribution in [2.45, 2.75) is 38.7 Å². The summed E-state index contributed by atoms with van der Waals surface area (Å²) in [6, 6.07) is 8.84. The molecular weight excluding hydrogens is 242 g/mol. The van der Waals surface area contributed by atoms with Crippen molar-refractivity contribution in [1.82, 2.24) is 0 Å². The number of carbonyl (C=O) groups excluding carboxylic acids is 1. The third-order valence-electron chi connectivity index (χ3n) is 2.35. The minimum absolute atomic E-state index is 0.0452. The lowest BCUT2D eigenvalue weighted by Crippen LogP contribution is -2.30. The minimum Gasteiger partial charge on any atom is -0.291 e. The molecule has 0 aliphatic heterocycles. The summed E-state index contributed by atoms with van der Waals surface area (Å²) in [5.41, 5.74) is 0.738. The summed E-state index contributed by atoms with van der Waals surface area (Å²) in [5, 5.41) is 0. The van der Waals surface area contributed by atoms with E-state index in [0.717, 1.165) is 5.56 Å². The van der Waals surface area contributed by atoms with Crippen LogP contribution in [0.3, 0.4) is 0 Å². The molecule has 5 heteroatoms. The molecule has 0 N–H and O–H groups in total. The number of carbonyl (C=O) groups is 1. The Morgan fingerprint density at radius 1 is 1.28 bits per heavy atom. The first-order valence-corrected chi connectivity index (χ1v) is 5.82. The summed E-state index contributed by atoms with van der Waals surface area (Å²) in [6.45, 7) is 1.73. The van der Waals surface area contributed by atoms with E-state index in [9.17, 15) is 13.6 Å². The van der Waals surface area contributed by atoms with Crippen molar-refractivity contribution in [1.29, 1.82) is 0 Å². The molecule has 0 spiro atoms. The Morgan fingerprint density at radius 2 is 1.94 bits per heavy atom. The Labute approximate surface area is 105 Å². The predicted molar refractivity (Wildman–Crippen MR) is 61.8 cm³/mol. The van der Waals surface area contributed by atoms with Gasteiger partial charge in [0.15, 0.2) is 0 Å². The highest BCUT2D eigenvalue weighted by molar-refractivity contribution is 5.76. The smallest absolute Gasteiger partial charge is 0.291 e. The van der Waals surface area contributed by atoms with Crippen LogP contribution >= 0.6 is 0 Å². The molecule has 0 aliphatic carbocycles. The number of halogens is 2. The molecule has 18 heavy (non-hydrogen) atoms. The molecule has 0 aliphatic rings. The van der Waals surface area contributed by atoms with Crippen LogP contribution in [0, 0.1) is 0 Å².